The van der Waals surface area contributed by atoms with E-state index in [-0.39, 0.29) is 11.5 Å². The van der Waals surface area contributed by atoms with Crippen LogP contribution in [0.3, 0.4) is 0 Å². The lowest BCUT2D eigenvalue weighted by Crippen LogP contribution is -2.32. The number of rotatable bonds is 3. The monoisotopic (exact) mass is 305 g/mol. The van der Waals surface area contributed by atoms with Crippen LogP contribution < -0.4 is 0 Å². The van der Waals surface area contributed by atoms with Crippen LogP contribution in [0.25, 0.3) is 11.0 Å². The normalized spacial score (nSPS) is 20.3. The van der Waals surface area contributed by atoms with E-state index in [1.165, 1.54) is 0 Å². The lowest BCUT2D eigenvalue weighted by atomic mass is 10.2. The van der Waals surface area contributed by atoms with Gasteiger partial charge in [-0.3, -0.25) is 0 Å². The van der Waals surface area contributed by atoms with E-state index in [4.69, 9.17) is 21.1 Å². The number of halogens is 1. The molecule has 21 heavy (non-hydrogen) atoms. The van der Waals surface area contributed by atoms with Gasteiger partial charge in [0.05, 0.1) is 48.9 Å². The summed E-state index contributed by atoms with van der Waals surface area (Å²) < 4.78 is 13.2. The van der Waals surface area contributed by atoms with Crippen LogP contribution in [0.15, 0.2) is 18.2 Å². The molecule has 1 fully saturated rings. The molecular formula is C15H16ClN3O2. The molecule has 0 radical (unpaired) electrons. The van der Waals surface area contributed by atoms with Crippen molar-refractivity contribution in [2.45, 2.75) is 24.9 Å². The van der Waals surface area contributed by atoms with Gasteiger partial charge in [-0.15, -0.1) is 11.6 Å². The van der Waals surface area contributed by atoms with E-state index in [1.54, 1.807) is 6.07 Å². The highest BCUT2D eigenvalue weighted by Gasteiger charge is 2.21. The predicted octanol–water partition coefficient (Wildman–Crippen LogP) is 2.62. The van der Waals surface area contributed by atoms with Crippen molar-refractivity contribution in [1.82, 2.24) is 9.55 Å². The molecule has 2 aromatic rings. The van der Waals surface area contributed by atoms with Crippen molar-refractivity contribution in [1.29, 1.82) is 5.26 Å². The number of alkyl halides is 1. The van der Waals surface area contributed by atoms with Gasteiger partial charge in [-0.1, -0.05) is 6.07 Å². The quantitative estimate of drug-likeness (QED) is 0.818. The van der Waals surface area contributed by atoms with Crippen molar-refractivity contribution in [3.8, 4) is 6.07 Å². The molecule has 2 atom stereocenters. The second kappa shape index (κ2) is 6.02. The molecule has 1 saturated heterocycles. The SMILES string of the molecule is CC(Cl)c1nc2c(C#N)cccc2n1CC1COCCO1. The van der Waals surface area contributed by atoms with Crippen molar-refractivity contribution >= 4 is 22.6 Å². The fraction of sp³-hybridized carbons (Fsp3) is 0.467. The summed E-state index contributed by atoms with van der Waals surface area (Å²) >= 11 is 6.25. The minimum Gasteiger partial charge on any atom is -0.376 e. The lowest BCUT2D eigenvalue weighted by Gasteiger charge is -2.24. The minimum absolute atomic E-state index is 0.0175. The van der Waals surface area contributed by atoms with Gasteiger partial charge in [0.2, 0.25) is 0 Å². The van der Waals surface area contributed by atoms with Crippen LogP contribution in [0.5, 0.6) is 0 Å². The van der Waals surface area contributed by atoms with E-state index < -0.39 is 0 Å². The number of imidazole rings is 1. The average molecular weight is 306 g/mol. The van der Waals surface area contributed by atoms with Crippen LogP contribution in [0.4, 0.5) is 0 Å². The van der Waals surface area contributed by atoms with Crippen molar-refractivity contribution < 1.29 is 9.47 Å². The molecule has 2 heterocycles. The van der Waals surface area contributed by atoms with Gasteiger partial charge in [-0.25, -0.2) is 4.98 Å². The first kappa shape index (κ1) is 14.3. The molecule has 1 aliphatic heterocycles. The van der Waals surface area contributed by atoms with Crippen LogP contribution in [-0.4, -0.2) is 35.5 Å². The molecule has 0 aliphatic carbocycles. The van der Waals surface area contributed by atoms with E-state index >= 15 is 0 Å². The van der Waals surface area contributed by atoms with E-state index in [2.05, 4.69) is 11.1 Å². The number of hydrogen-bond donors (Lipinski definition) is 0. The zero-order valence-corrected chi connectivity index (χ0v) is 12.5. The molecule has 0 spiro atoms. The standard InChI is InChI=1S/C15H16ClN3O2/c1-10(16)15-18-14-11(7-17)3-2-4-13(14)19(15)8-12-9-20-5-6-21-12/h2-4,10,12H,5-6,8-9H2,1H3. The fourth-order valence-corrected chi connectivity index (χ4v) is 2.76. The highest BCUT2D eigenvalue weighted by Crippen LogP contribution is 2.27. The summed E-state index contributed by atoms with van der Waals surface area (Å²) in [7, 11) is 0. The van der Waals surface area contributed by atoms with Crippen LogP contribution in [0.2, 0.25) is 0 Å². The molecule has 1 aliphatic rings. The number of hydrogen-bond acceptors (Lipinski definition) is 4. The van der Waals surface area contributed by atoms with E-state index in [0.29, 0.717) is 37.4 Å². The zero-order valence-electron chi connectivity index (χ0n) is 11.8. The minimum atomic E-state index is -0.242. The molecule has 5 nitrogen and oxygen atoms in total. The first-order valence-electron chi connectivity index (χ1n) is 6.93. The Bertz CT molecular complexity index is 684. The Labute approximate surface area is 128 Å². The number of fused-ring (bicyclic) bond motifs is 1. The lowest BCUT2D eigenvalue weighted by molar-refractivity contribution is -0.0934. The zero-order chi connectivity index (χ0) is 14.8. The smallest absolute Gasteiger partial charge is 0.127 e. The molecule has 0 bridgehead atoms. The predicted molar refractivity (Wildman–Crippen MR) is 79.3 cm³/mol. The summed E-state index contributed by atoms with van der Waals surface area (Å²) in [4.78, 5) is 4.56. The van der Waals surface area contributed by atoms with Gasteiger partial charge in [0, 0.05) is 0 Å². The Balaban J connectivity index is 2.06. The second-order valence-corrected chi connectivity index (χ2v) is 5.70. The number of aromatic nitrogens is 2. The maximum atomic E-state index is 9.22. The summed E-state index contributed by atoms with van der Waals surface area (Å²) in [6.45, 7) is 4.31. The number of benzene rings is 1. The van der Waals surface area contributed by atoms with Crippen molar-refractivity contribution in [2.75, 3.05) is 19.8 Å². The number of nitriles is 1. The second-order valence-electron chi connectivity index (χ2n) is 5.05. The molecule has 6 heteroatoms. The van der Waals surface area contributed by atoms with Crippen molar-refractivity contribution in [3.05, 3.63) is 29.6 Å². The molecule has 0 N–H and O–H groups in total. The molecular weight excluding hydrogens is 290 g/mol. The maximum absolute atomic E-state index is 9.22. The molecule has 0 saturated carbocycles. The topological polar surface area (TPSA) is 60.1 Å². The summed E-state index contributed by atoms with van der Waals surface area (Å²) in [5.74, 6) is 0.753. The Morgan fingerprint density at radius 1 is 1.52 bits per heavy atom. The van der Waals surface area contributed by atoms with Gasteiger partial charge >= 0.3 is 0 Å². The molecule has 110 valence electrons. The Morgan fingerprint density at radius 3 is 3.05 bits per heavy atom. The number of para-hydroxylation sites is 1. The third kappa shape index (κ3) is 2.75. The Morgan fingerprint density at radius 2 is 2.38 bits per heavy atom. The third-order valence-corrected chi connectivity index (χ3v) is 3.75. The van der Waals surface area contributed by atoms with Gasteiger partial charge in [0.25, 0.3) is 0 Å². The van der Waals surface area contributed by atoms with Gasteiger partial charge in [0.1, 0.15) is 17.4 Å². The summed E-state index contributed by atoms with van der Waals surface area (Å²) in [6, 6.07) is 7.76. The van der Waals surface area contributed by atoms with Crippen LogP contribution in [-0.2, 0) is 16.0 Å². The Hall–Kier alpha value is -1.61. The number of ether oxygens (including phenoxy) is 2. The highest BCUT2D eigenvalue weighted by atomic mass is 35.5. The van der Waals surface area contributed by atoms with E-state index in [0.717, 1.165) is 11.3 Å². The molecule has 1 aromatic heterocycles. The van der Waals surface area contributed by atoms with Gasteiger partial charge in [0.15, 0.2) is 0 Å². The molecule has 1 aromatic carbocycles. The molecule has 3 rings (SSSR count). The van der Waals surface area contributed by atoms with Gasteiger partial charge in [-0.2, -0.15) is 5.26 Å². The van der Waals surface area contributed by atoms with E-state index in [1.807, 2.05) is 23.6 Å². The van der Waals surface area contributed by atoms with Gasteiger partial charge in [-0.05, 0) is 19.1 Å². The highest BCUT2D eigenvalue weighted by molar-refractivity contribution is 6.20. The fourth-order valence-electron chi connectivity index (χ4n) is 2.60. The van der Waals surface area contributed by atoms with E-state index in [9.17, 15) is 5.26 Å². The first-order valence-corrected chi connectivity index (χ1v) is 7.37. The summed E-state index contributed by atoms with van der Waals surface area (Å²) in [5, 5.41) is 8.98. The van der Waals surface area contributed by atoms with Gasteiger partial charge < -0.3 is 14.0 Å². The summed E-state index contributed by atoms with van der Waals surface area (Å²) in [6.07, 6.45) is -0.0175. The number of nitrogens with zero attached hydrogens (tertiary/aromatic N) is 3. The summed E-state index contributed by atoms with van der Waals surface area (Å²) in [5.41, 5.74) is 2.16. The van der Waals surface area contributed by atoms with Crippen LogP contribution >= 0.6 is 11.6 Å². The van der Waals surface area contributed by atoms with Crippen molar-refractivity contribution in [2.24, 2.45) is 0 Å². The molecule has 0 amide bonds. The van der Waals surface area contributed by atoms with Crippen LogP contribution in [0.1, 0.15) is 23.7 Å². The van der Waals surface area contributed by atoms with Crippen molar-refractivity contribution in [3.63, 3.8) is 0 Å². The largest absolute Gasteiger partial charge is 0.376 e. The van der Waals surface area contributed by atoms with Crippen LogP contribution in [0, 0.1) is 11.3 Å². The first-order chi connectivity index (χ1) is 10.2. The molecule has 2 unspecified atom stereocenters. The third-order valence-electron chi connectivity index (χ3n) is 3.56. The Kier molecular flexibility index (Phi) is 4.11. The maximum Gasteiger partial charge on any atom is 0.127 e. The average Bonchev–Trinajstić information content (AvgIpc) is 2.87.